The van der Waals surface area contributed by atoms with Crippen LogP contribution in [0, 0.1) is 0 Å². The highest BCUT2D eigenvalue weighted by Crippen LogP contribution is 2.43. The van der Waals surface area contributed by atoms with Crippen LogP contribution >= 0.6 is 0 Å². The molecule has 2 aromatic carbocycles. The van der Waals surface area contributed by atoms with Gasteiger partial charge in [0.25, 0.3) is 11.8 Å². The smallest absolute Gasteiger partial charge is 0.257 e. The summed E-state index contributed by atoms with van der Waals surface area (Å²) in [6.07, 6.45) is 1.73. The Bertz CT molecular complexity index is 1130. The molecule has 0 bridgehead atoms. The number of rotatable bonds is 7. The number of fused-ring (bicyclic) bond motifs is 3. The van der Waals surface area contributed by atoms with Crippen molar-refractivity contribution in [2.24, 2.45) is 0 Å². The molecule has 1 N–H and O–H groups in total. The lowest BCUT2D eigenvalue weighted by Gasteiger charge is -2.48. The van der Waals surface area contributed by atoms with Crippen LogP contribution in [-0.2, 0) is 16.1 Å². The molecule has 0 radical (unpaired) electrons. The predicted molar refractivity (Wildman–Crippen MR) is 128 cm³/mol. The highest BCUT2D eigenvalue weighted by Gasteiger charge is 2.52. The van der Waals surface area contributed by atoms with Crippen LogP contribution in [0.4, 0.5) is 5.69 Å². The standard InChI is InChI=1S/C26H30N4O4/c1-26-15-14-23(32)30(26)21-8-5-4-7-20(21)25(34)29(26)16-6-9-22(31)27-17-18-10-12-19(13-11-18)24(33)28(2)3/h4-5,7-8,10-13H,6,9,14-17H2,1-3H3,(H,27,31). The Morgan fingerprint density at radius 1 is 1.06 bits per heavy atom. The summed E-state index contributed by atoms with van der Waals surface area (Å²) in [5.74, 6) is -0.259. The predicted octanol–water partition coefficient (Wildman–Crippen LogP) is 2.78. The number of amides is 4. The van der Waals surface area contributed by atoms with E-state index in [1.165, 1.54) is 4.90 Å². The summed E-state index contributed by atoms with van der Waals surface area (Å²) in [6.45, 7) is 2.68. The van der Waals surface area contributed by atoms with Gasteiger partial charge >= 0.3 is 0 Å². The molecule has 34 heavy (non-hydrogen) atoms. The van der Waals surface area contributed by atoms with E-state index < -0.39 is 5.66 Å². The maximum Gasteiger partial charge on any atom is 0.257 e. The summed E-state index contributed by atoms with van der Waals surface area (Å²) < 4.78 is 0. The molecule has 0 spiro atoms. The molecule has 2 aliphatic rings. The zero-order chi connectivity index (χ0) is 24.5. The monoisotopic (exact) mass is 462 g/mol. The quantitative estimate of drug-likeness (QED) is 0.685. The highest BCUT2D eigenvalue weighted by molar-refractivity contribution is 6.10. The van der Waals surface area contributed by atoms with Crippen molar-refractivity contribution in [3.05, 3.63) is 65.2 Å². The van der Waals surface area contributed by atoms with Crippen molar-refractivity contribution < 1.29 is 19.2 Å². The average molecular weight is 463 g/mol. The highest BCUT2D eigenvalue weighted by atomic mass is 16.2. The molecule has 2 heterocycles. The van der Waals surface area contributed by atoms with Crippen LogP contribution in [0.15, 0.2) is 48.5 Å². The molecular formula is C26H30N4O4. The molecule has 1 unspecified atom stereocenters. The first-order chi connectivity index (χ1) is 16.2. The summed E-state index contributed by atoms with van der Waals surface area (Å²) in [5.41, 5.74) is 1.99. The molecule has 2 aromatic rings. The van der Waals surface area contributed by atoms with Crippen molar-refractivity contribution in [1.29, 1.82) is 0 Å². The second kappa shape index (κ2) is 9.29. The Kier molecular flexibility index (Phi) is 6.41. The van der Waals surface area contributed by atoms with Gasteiger partial charge in [0.15, 0.2) is 0 Å². The molecule has 8 nitrogen and oxygen atoms in total. The maximum atomic E-state index is 13.2. The number of hydrogen-bond donors (Lipinski definition) is 1. The van der Waals surface area contributed by atoms with Crippen molar-refractivity contribution in [2.75, 3.05) is 25.5 Å². The summed E-state index contributed by atoms with van der Waals surface area (Å²) in [4.78, 5) is 55.3. The first-order valence-corrected chi connectivity index (χ1v) is 11.5. The molecule has 1 atom stereocenters. The van der Waals surface area contributed by atoms with Gasteiger partial charge in [-0.05, 0) is 49.6 Å². The number of carbonyl (C=O) groups excluding carboxylic acids is 4. The fourth-order valence-electron chi connectivity index (χ4n) is 4.75. The van der Waals surface area contributed by atoms with Crippen LogP contribution in [0.1, 0.15) is 58.9 Å². The molecule has 4 rings (SSSR count). The number of hydrogen-bond acceptors (Lipinski definition) is 4. The van der Waals surface area contributed by atoms with E-state index in [2.05, 4.69) is 5.32 Å². The second-order valence-electron chi connectivity index (χ2n) is 9.20. The van der Waals surface area contributed by atoms with Gasteiger partial charge in [-0.2, -0.15) is 0 Å². The SMILES string of the molecule is CN(C)C(=O)c1ccc(CNC(=O)CCCN2C(=O)c3ccccc3N3C(=O)CCC23C)cc1. The Morgan fingerprint density at radius 3 is 2.47 bits per heavy atom. The normalized spacial score (nSPS) is 19.0. The molecular weight excluding hydrogens is 432 g/mol. The molecule has 178 valence electrons. The molecule has 1 fully saturated rings. The third-order valence-electron chi connectivity index (χ3n) is 6.63. The van der Waals surface area contributed by atoms with Crippen LogP contribution in [0.5, 0.6) is 0 Å². The topological polar surface area (TPSA) is 90.0 Å². The number of carbonyl (C=O) groups is 4. The lowest BCUT2D eigenvalue weighted by atomic mass is 9.98. The van der Waals surface area contributed by atoms with Crippen molar-refractivity contribution >= 4 is 29.3 Å². The van der Waals surface area contributed by atoms with E-state index in [1.54, 1.807) is 48.2 Å². The van der Waals surface area contributed by atoms with Gasteiger partial charge in [0, 0.05) is 45.6 Å². The van der Waals surface area contributed by atoms with E-state index in [0.717, 1.165) is 5.56 Å². The maximum absolute atomic E-state index is 13.2. The summed E-state index contributed by atoms with van der Waals surface area (Å²) in [6, 6.07) is 14.4. The number of nitrogens with zero attached hydrogens (tertiary/aromatic N) is 3. The molecule has 4 amide bonds. The number of nitrogens with one attached hydrogen (secondary N) is 1. The van der Waals surface area contributed by atoms with E-state index in [1.807, 2.05) is 31.2 Å². The largest absolute Gasteiger partial charge is 0.352 e. The molecule has 2 aliphatic heterocycles. The van der Waals surface area contributed by atoms with E-state index in [4.69, 9.17) is 0 Å². The van der Waals surface area contributed by atoms with Gasteiger partial charge in [-0.15, -0.1) is 0 Å². The Labute approximate surface area is 199 Å². The minimum Gasteiger partial charge on any atom is -0.352 e. The summed E-state index contributed by atoms with van der Waals surface area (Å²) >= 11 is 0. The molecule has 0 aromatic heterocycles. The minimum absolute atomic E-state index is 0.0171. The van der Waals surface area contributed by atoms with E-state index in [9.17, 15) is 19.2 Å². The van der Waals surface area contributed by atoms with Crippen molar-refractivity contribution in [3.8, 4) is 0 Å². The second-order valence-corrected chi connectivity index (χ2v) is 9.20. The van der Waals surface area contributed by atoms with E-state index in [-0.39, 0.29) is 30.0 Å². The van der Waals surface area contributed by atoms with Crippen molar-refractivity contribution in [3.63, 3.8) is 0 Å². The van der Waals surface area contributed by atoms with Crippen LogP contribution in [0.25, 0.3) is 0 Å². The number of para-hydroxylation sites is 1. The molecule has 0 saturated carbocycles. The van der Waals surface area contributed by atoms with E-state index >= 15 is 0 Å². The fraction of sp³-hybridized carbons (Fsp3) is 0.385. The molecule has 1 saturated heterocycles. The van der Waals surface area contributed by atoms with Gasteiger partial charge in [0.2, 0.25) is 11.8 Å². The first-order valence-electron chi connectivity index (χ1n) is 11.5. The van der Waals surface area contributed by atoms with Crippen molar-refractivity contribution in [2.45, 2.75) is 44.8 Å². The molecule has 0 aliphatic carbocycles. The van der Waals surface area contributed by atoms with E-state index in [0.29, 0.717) is 49.2 Å². The Balaban J connectivity index is 1.33. The minimum atomic E-state index is -0.704. The fourth-order valence-corrected chi connectivity index (χ4v) is 4.75. The summed E-state index contributed by atoms with van der Waals surface area (Å²) in [5, 5.41) is 2.90. The summed E-state index contributed by atoms with van der Waals surface area (Å²) in [7, 11) is 3.41. The lowest BCUT2D eigenvalue weighted by molar-refractivity contribution is -0.121. The van der Waals surface area contributed by atoms with Gasteiger partial charge in [0.1, 0.15) is 5.66 Å². The molecule has 8 heteroatoms. The zero-order valence-corrected chi connectivity index (χ0v) is 19.8. The van der Waals surface area contributed by atoms with Gasteiger partial charge < -0.3 is 15.1 Å². The lowest BCUT2D eigenvalue weighted by Crippen LogP contribution is -2.62. The van der Waals surface area contributed by atoms with Crippen LogP contribution in [0.3, 0.4) is 0 Å². The average Bonchev–Trinajstić information content (AvgIpc) is 3.14. The van der Waals surface area contributed by atoms with Gasteiger partial charge in [0.05, 0.1) is 11.3 Å². The van der Waals surface area contributed by atoms with Crippen LogP contribution in [0.2, 0.25) is 0 Å². The number of benzene rings is 2. The zero-order valence-electron chi connectivity index (χ0n) is 19.8. The van der Waals surface area contributed by atoms with Gasteiger partial charge in [-0.1, -0.05) is 24.3 Å². The third kappa shape index (κ3) is 4.27. The van der Waals surface area contributed by atoms with Crippen LogP contribution < -0.4 is 10.2 Å². The Hall–Kier alpha value is -3.68. The number of anilines is 1. The first kappa shape index (κ1) is 23.5. The van der Waals surface area contributed by atoms with Gasteiger partial charge in [-0.3, -0.25) is 24.1 Å². The van der Waals surface area contributed by atoms with Crippen LogP contribution in [-0.4, -0.2) is 59.7 Å². The Morgan fingerprint density at radius 2 is 1.76 bits per heavy atom. The van der Waals surface area contributed by atoms with Crippen molar-refractivity contribution in [1.82, 2.24) is 15.1 Å². The third-order valence-corrected chi connectivity index (χ3v) is 6.63. The van der Waals surface area contributed by atoms with Gasteiger partial charge in [-0.25, -0.2) is 0 Å².